The topological polar surface area (TPSA) is 57.2 Å². The number of anilines is 1. The minimum Gasteiger partial charge on any atom is -0.348 e. The number of aromatic nitrogens is 3. The van der Waals surface area contributed by atoms with E-state index in [0.29, 0.717) is 29.5 Å². The van der Waals surface area contributed by atoms with Gasteiger partial charge in [-0.05, 0) is 11.1 Å². The van der Waals surface area contributed by atoms with Gasteiger partial charge < -0.3 is 4.90 Å². The molecule has 132 valence electrons. The molecule has 0 unspecified atom stereocenters. The van der Waals surface area contributed by atoms with Crippen molar-refractivity contribution in [2.45, 2.75) is 13.1 Å². The molecule has 0 amide bonds. The normalized spacial score (nSPS) is 10.7. The number of nitrogens with zero attached hydrogens (tertiary/aromatic N) is 5. The smallest absolute Gasteiger partial charge is 0.176 e. The molecular weight excluding hydrogens is 358 g/mol. The van der Waals surface area contributed by atoms with Gasteiger partial charge >= 0.3 is 0 Å². The Morgan fingerprint density at radius 1 is 0.963 bits per heavy atom. The van der Waals surface area contributed by atoms with Crippen molar-refractivity contribution < 1.29 is 0 Å². The molecule has 0 aliphatic carbocycles. The first-order chi connectivity index (χ1) is 13.2. The molecule has 2 aromatic heterocycles. The average Bonchev–Trinajstić information content (AvgIpc) is 3.11. The summed E-state index contributed by atoms with van der Waals surface area (Å²) in [6.07, 6.45) is 1.52. The Kier molecular flexibility index (Phi) is 4.73. The standard InChI is InChI=1S/C21H16ClN5/c22-19-11-20(27-21(25-19)18(12-23)13-24-27)26(14-16-7-3-1-4-8-16)15-17-9-5-2-6-10-17/h1-11,13H,14-15H2. The summed E-state index contributed by atoms with van der Waals surface area (Å²) in [5, 5.41) is 14.0. The third-order valence-corrected chi connectivity index (χ3v) is 4.49. The van der Waals surface area contributed by atoms with E-state index in [1.807, 2.05) is 36.4 Å². The molecule has 0 radical (unpaired) electrons. The summed E-state index contributed by atoms with van der Waals surface area (Å²) < 4.78 is 1.68. The van der Waals surface area contributed by atoms with Crippen LogP contribution in [0.25, 0.3) is 5.65 Å². The van der Waals surface area contributed by atoms with Crippen molar-refractivity contribution in [1.82, 2.24) is 14.6 Å². The second-order valence-electron chi connectivity index (χ2n) is 6.17. The van der Waals surface area contributed by atoms with Gasteiger partial charge in [0.15, 0.2) is 5.65 Å². The van der Waals surface area contributed by atoms with Crippen molar-refractivity contribution in [2.24, 2.45) is 0 Å². The first-order valence-corrected chi connectivity index (χ1v) is 8.89. The lowest BCUT2D eigenvalue weighted by atomic mass is 10.1. The molecule has 0 aliphatic rings. The zero-order valence-electron chi connectivity index (χ0n) is 14.5. The Bertz CT molecular complexity index is 1060. The van der Waals surface area contributed by atoms with Gasteiger partial charge in [-0.15, -0.1) is 0 Å². The van der Waals surface area contributed by atoms with E-state index in [4.69, 9.17) is 11.6 Å². The first-order valence-electron chi connectivity index (χ1n) is 8.52. The Labute approximate surface area is 162 Å². The van der Waals surface area contributed by atoms with E-state index in [1.165, 1.54) is 17.3 Å². The van der Waals surface area contributed by atoms with E-state index in [9.17, 15) is 5.26 Å². The molecule has 0 bridgehead atoms. The number of rotatable bonds is 5. The lowest BCUT2D eigenvalue weighted by Gasteiger charge is -2.25. The molecule has 6 heteroatoms. The minimum absolute atomic E-state index is 0.334. The van der Waals surface area contributed by atoms with E-state index < -0.39 is 0 Å². The molecule has 0 saturated heterocycles. The highest BCUT2D eigenvalue weighted by molar-refractivity contribution is 6.29. The molecule has 2 aromatic carbocycles. The van der Waals surface area contributed by atoms with Crippen LogP contribution in [0.3, 0.4) is 0 Å². The molecule has 0 spiro atoms. The summed E-state index contributed by atoms with van der Waals surface area (Å²) in [6.45, 7) is 1.35. The van der Waals surface area contributed by atoms with Gasteiger partial charge in [-0.1, -0.05) is 72.3 Å². The molecule has 4 rings (SSSR count). The van der Waals surface area contributed by atoms with Crippen LogP contribution in [0.5, 0.6) is 0 Å². The maximum atomic E-state index is 9.32. The van der Waals surface area contributed by atoms with Gasteiger partial charge in [-0.3, -0.25) is 0 Å². The Balaban J connectivity index is 1.81. The van der Waals surface area contributed by atoms with Crippen LogP contribution in [-0.4, -0.2) is 14.6 Å². The van der Waals surface area contributed by atoms with Crippen molar-refractivity contribution in [1.29, 1.82) is 5.26 Å². The van der Waals surface area contributed by atoms with Gasteiger partial charge in [0.2, 0.25) is 0 Å². The summed E-state index contributed by atoms with van der Waals surface area (Å²) in [5.41, 5.74) is 3.20. The van der Waals surface area contributed by atoms with Crippen molar-refractivity contribution in [2.75, 3.05) is 4.90 Å². The molecule has 2 heterocycles. The minimum atomic E-state index is 0.334. The molecule has 4 aromatic rings. The highest BCUT2D eigenvalue weighted by atomic mass is 35.5. The number of fused-ring (bicyclic) bond motifs is 1. The molecule has 0 aliphatic heterocycles. The van der Waals surface area contributed by atoms with Crippen molar-refractivity contribution in [3.05, 3.63) is 94.8 Å². The van der Waals surface area contributed by atoms with Gasteiger partial charge in [-0.2, -0.15) is 14.9 Å². The SMILES string of the molecule is N#Cc1cnn2c(N(Cc3ccccc3)Cc3ccccc3)cc(Cl)nc12. The average molecular weight is 374 g/mol. The number of nitriles is 1. The fourth-order valence-corrected chi connectivity index (χ4v) is 3.23. The molecule has 0 saturated carbocycles. The number of hydrogen-bond acceptors (Lipinski definition) is 4. The second kappa shape index (κ2) is 7.48. The fourth-order valence-electron chi connectivity index (χ4n) is 3.05. The van der Waals surface area contributed by atoms with Crippen LogP contribution in [0.15, 0.2) is 72.9 Å². The van der Waals surface area contributed by atoms with Gasteiger partial charge in [-0.25, -0.2) is 4.98 Å². The van der Waals surface area contributed by atoms with Crippen molar-refractivity contribution in [3.63, 3.8) is 0 Å². The maximum absolute atomic E-state index is 9.32. The summed E-state index contributed by atoms with van der Waals surface area (Å²) in [5.74, 6) is 0.791. The molecule has 27 heavy (non-hydrogen) atoms. The molecule has 0 N–H and O–H groups in total. The molecular formula is C21H16ClN5. The lowest BCUT2D eigenvalue weighted by Crippen LogP contribution is -2.25. The predicted octanol–water partition coefficient (Wildman–Crippen LogP) is 4.46. The number of halogens is 1. The van der Waals surface area contributed by atoms with Crippen LogP contribution < -0.4 is 4.90 Å². The van der Waals surface area contributed by atoms with Gasteiger partial charge in [0.1, 0.15) is 22.6 Å². The maximum Gasteiger partial charge on any atom is 0.176 e. The van der Waals surface area contributed by atoms with Crippen LogP contribution in [0.1, 0.15) is 16.7 Å². The van der Waals surface area contributed by atoms with E-state index in [1.54, 1.807) is 10.6 Å². The van der Waals surface area contributed by atoms with Crippen LogP contribution in [0.2, 0.25) is 5.15 Å². The van der Waals surface area contributed by atoms with Crippen LogP contribution in [0, 0.1) is 11.3 Å². The van der Waals surface area contributed by atoms with Crippen LogP contribution in [-0.2, 0) is 13.1 Å². The quantitative estimate of drug-likeness (QED) is 0.484. The summed E-state index contributed by atoms with van der Waals surface area (Å²) in [7, 11) is 0. The summed E-state index contributed by atoms with van der Waals surface area (Å²) >= 11 is 6.27. The van der Waals surface area contributed by atoms with E-state index in [0.717, 1.165) is 5.82 Å². The summed E-state index contributed by atoms with van der Waals surface area (Å²) in [4.78, 5) is 6.46. The van der Waals surface area contributed by atoms with E-state index >= 15 is 0 Å². The Hall–Kier alpha value is -3.36. The van der Waals surface area contributed by atoms with Crippen molar-refractivity contribution in [3.8, 4) is 6.07 Å². The van der Waals surface area contributed by atoms with E-state index in [2.05, 4.69) is 45.3 Å². The zero-order chi connectivity index (χ0) is 18.6. The van der Waals surface area contributed by atoms with Gasteiger partial charge in [0.25, 0.3) is 0 Å². The van der Waals surface area contributed by atoms with Gasteiger partial charge in [0, 0.05) is 19.2 Å². The monoisotopic (exact) mass is 373 g/mol. The zero-order valence-corrected chi connectivity index (χ0v) is 15.2. The first kappa shape index (κ1) is 17.1. The molecule has 0 atom stereocenters. The van der Waals surface area contributed by atoms with Crippen LogP contribution >= 0.6 is 11.6 Å². The van der Waals surface area contributed by atoms with Gasteiger partial charge in [0.05, 0.1) is 6.20 Å². The molecule has 0 fully saturated rings. The second-order valence-corrected chi connectivity index (χ2v) is 6.56. The largest absolute Gasteiger partial charge is 0.348 e. The third kappa shape index (κ3) is 3.62. The summed E-state index contributed by atoms with van der Waals surface area (Å²) in [6, 6.07) is 24.3. The highest BCUT2D eigenvalue weighted by Gasteiger charge is 2.17. The van der Waals surface area contributed by atoms with E-state index in [-0.39, 0.29) is 0 Å². The third-order valence-electron chi connectivity index (χ3n) is 4.30. The lowest BCUT2D eigenvalue weighted by molar-refractivity contribution is 0.752. The predicted molar refractivity (Wildman–Crippen MR) is 105 cm³/mol. The Morgan fingerprint density at radius 2 is 1.56 bits per heavy atom. The van der Waals surface area contributed by atoms with Crippen molar-refractivity contribution >= 4 is 23.1 Å². The Morgan fingerprint density at radius 3 is 2.11 bits per heavy atom. The van der Waals surface area contributed by atoms with Crippen LogP contribution in [0.4, 0.5) is 5.82 Å². The fraction of sp³-hybridized carbons (Fsp3) is 0.0952. The number of hydrogen-bond donors (Lipinski definition) is 0. The molecule has 5 nitrogen and oxygen atoms in total. The highest BCUT2D eigenvalue weighted by Crippen LogP contribution is 2.25. The number of benzene rings is 2.